The second kappa shape index (κ2) is 7.40. The number of ether oxygens (including phenoxy) is 1. The summed E-state index contributed by atoms with van der Waals surface area (Å²) in [6.45, 7) is 1.99. The Morgan fingerprint density at radius 3 is 2.67 bits per heavy atom. The van der Waals surface area contributed by atoms with Gasteiger partial charge in [0, 0.05) is 17.8 Å². The van der Waals surface area contributed by atoms with Crippen molar-refractivity contribution in [1.82, 2.24) is 9.55 Å². The van der Waals surface area contributed by atoms with Gasteiger partial charge in [0.1, 0.15) is 24.0 Å². The van der Waals surface area contributed by atoms with Crippen LogP contribution in [0.1, 0.15) is 23.8 Å². The molecule has 0 aliphatic carbocycles. The molecule has 1 aliphatic rings. The van der Waals surface area contributed by atoms with Gasteiger partial charge in [0.25, 0.3) is 0 Å². The van der Waals surface area contributed by atoms with E-state index in [1.807, 2.05) is 49.4 Å². The largest absolute Gasteiger partial charge is 0.390 e. The van der Waals surface area contributed by atoms with Crippen molar-refractivity contribution in [1.29, 1.82) is 0 Å². The zero-order valence-electron chi connectivity index (χ0n) is 15.1. The second-order valence-electron chi connectivity index (χ2n) is 7.15. The van der Waals surface area contributed by atoms with Gasteiger partial charge < -0.3 is 24.6 Å². The lowest BCUT2D eigenvalue weighted by atomic mass is 9.99. The molecule has 5 atom stereocenters. The summed E-state index contributed by atoms with van der Waals surface area (Å²) in [6.07, 6.45) is -0.211. The lowest BCUT2D eigenvalue weighted by molar-refractivity contribution is -0.0850. The third kappa shape index (κ3) is 3.37. The Kier molecular flexibility index (Phi) is 4.97. The lowest BCUT2D eigenvalue weighted by Crippen LogP contribution is -2.38. The normalized spacial score (nSPS) is 26.5. The van der Waals surface area contributed by atoms with Gasteiger partial charge in [-0.1, -0.05) is 30.3 Å². The minimum atomic E-state index is -1.16. The number of aliphatic hydroxyl groups is 3. The van der Waals surface area contributed by atoms with Crippen LogP contribution in [0.15, 0.2) is 54.9 Å². The van der Waals surface area contributed by atoms with E-state index < -0.39 is 30.6 Å². The Morgan fingerprint density at radius 1 is 1.11 bits per heavy atom. The Balaban J connectivity index is 1.51. The maximum absolute atomic E-state index is 10.6. The summed E-state index contributed by atoms with van der Waals surface area (Å²) in [5.41, 5.74) is 2.87. The molecule has 1 saturated heterocycles. The average molecular weight is 368 g/mol. The summed E-state index contributed by atoms with van der Waals surface area (Å²) < 4.78 is 7.62. The van der Waals surface area contributed by atoms with Gasteiger partial charge in [-0.2, -0.15) is 0 Å². The molecule has 2 aromatic heterocycles. The van der Waals surface area contributed by atoms with E-state index in [1.54, 1.807) is 17.0 Å². The van der Waals surface area contributed by atoms with Crippen molar-refractivity contribution in [2.75, 3.05) is 0 Å². The third-order valence-electron chi connectivity index (χ3n) is 5.33. The fraction of sp³-hybridized carbons (Fsp3) is 0.381. The van der Waals surface area contributed by atoms with Gasteiger partial charge in [-0.25, -0.2) is 4.98 Å². The van der Waals surface area contributed by atoms with Crippen molar-refractivity contribution < 1.29 is 20.1 Å². The molecule has 6 heteroatoms. The summed E-state index contributed by atoms with van der Waals surface area (Å²) in [5.74, 6) is 0. The standard InChI is InChI=1S/C21H24N2O4/c1-13-9-11-22-20-15(13)10-12-23(20)21-18(26)17(25)19(27-21)16(24)8-7-14-5-3-2-4-6-14/h2-6,9-12,16-19,21,24-26H,7-8H2,1H3. The first kappa shape index (κ1) is 18.1. The molecule has 1 aliphatic heterocycles. The van der Waals surface area contributed by atoms with Crippen LogP contribution in [0, 0.1) is 6.92 Å². The summed E-state index contributed by atoms with van der Waals surface area (Å²) in [4.78, 5) is 4.38. The Hall–Kier alpha value is -2.25. The van der Waals surface area contributed by atoms with Crippen LogP contribution in [-0.4, -0.2) is 49.3 Å². The molecule has 1 fully saturated rings. The Bertz CT molecular complexity index is 911. The maximum Gasteiger partial charge on any atom is 0.164 e. The number of fused-ring (bicyclic) bond motifs is 1. The summed E-state index contributed by atoms with van der Waals surface area (Å²) in [7, 11) is 0. The van der Waals surface area contributed by atoms with Crippen LogP contribution < -0.4 is 0 Å². The third-order valence-corrected chi connectivity index (χ3v) is 5.33. The van der Waals surface area contributed by atoms with Crippen LogP contribution in [0.3, 0.4) is 0 Å². The number of aliphatic hydroxyl groups excluding tert-OH is 3. The molecule has 4 rings (SSSR count). The van der Waals surface area contributed by atoms with Crippen LogP contribution in [0.5, 0.6) is 0 Å². The number of hydrogen-bond donors (Lipinski definition) is 3. The van der Waals surface area contributed by atoms with E-state index in [2.05, 4.69) is 4.98 Å². The van der Waals surface area contributed by atoms with E-state index in [0.29, 0.717) is 18.5 Å². The molecule has 0 radical (unpaired) electrons. The predicted octanol–water partition coefficient (Wildman–Crippen LogP) is 1.96. The Labute approximate surface area is 157 Å². The molecule has 27 heavy (non-hydrogen) atoms. The fourth-order valence-electron chi connectivity index (χ4n) is 3.75. The summed E-state index contributed by atoms with van der Waals surface area (Å²) in [5, 5.41) is 32.5. The molecular weight excluding hydrogens is 344 g/mol. The van der Waals surface area contributed by atoms with Gasteiger partial charge >= 0.3 is 0 Å². The molecule has 1 aromatic carbocycles. The number of hydrogen-bond acceptors (Lipinski definition) is 5. The number of aryl methyl sites for hydroxylation is 2. The molecular formula is C21H24N2O4. The van der Waals surface area contributed by atoms with Gasteiger partial charge in [-0.15, -0.1) is 0 Å². The Morgan fingerprint density at radius 2 is 1.89 bits per heavy atom. The van der Waals surface area contributed by atoms with E-state index >= 15 is 0 Å². The van der Waals surface area contributed by atoms with Gasteiger partial charge in [-0.05, 0) is 43.0 Å². The average Bonchev–Trinajstić information content (AvgIpc) is 3.23. The van der Waals surface area contributed by atoms with Gasteiger partial charge in [-0.3, -0.25) is 0 Å². The number of rotatable bonds is 5. The van der Waals surface area contributed by atoms with E-state index in [4.69, 9.17) is 4.74 Å². The first-order chi connectivity index (χ1) is 13.1. The zero-order chi connectivity index (χ0) is 19.0. The number of nitrogens with zero attached hydrogens (tertiary/aromatic N) is 2. The number of aromatic nitrogens is 2. The topological polar surface area (TPSA) is 87.7 Å². The molecule has 6 nitrogen and oxygen atoms in total. The fourth-order valence-corrected chi connectivity index (χ4v) is 3.75. The predicted molar refractivity (Wildman–Crippen MR) is 101 cm³/mol. The SMILES string of the molecule is Cc1ccnc2c1ccn2C1OC(C(O)CCc2ccccc2)C(O)C1O. The van der Waals surface area contributed by atoms with Crippen LogP contribution in [-0.2, 0) is 11.2 Å². The molecule has 3 N–H and O–H groups in total. The van der Waals surface area contributed by atoms with E-state index in [1.165, 1.54) is 0 Å². The highest BCUT2D eigenvalue weighted by Crippen LogP contribution is 2.34. The molecule has 0 bridgehead atoms. The molecule has 0 amide bonds. The minimum absolute atomic E-state index is 0.439. The number of pyridine rings is 1. The van der Waals surface area contributed by atoms with Crippen LogP contribution in [0.4, 0.5) is 0 Å². The van der Waals surface area contributed by atoms with Crippen molar-refractivity contribution >= 4 is 11.0 Å². The zero-order valence-corrected chi connectivity index (χ0v) is 15.1. The lowest BCUT2D eigenvalue weighted by Gasteiger charge is -2.21. The second-order valence-corrected chi connectivity index (χ2v) is 7.15. The van der Waals surface area contributed by atoms with Crippen LogP contribution >= 0.6 is 0 Å². The van der Waals surface area contributed by atoms with Gasteiger partial charge in [0.2, 0.25) is 0 Å². The minimum Gasteiger partial charge on any atom is -0.390 e. The molecule has 142 valence electrons. The van der Waals surface area contributed by atoms with Crippen molar-refractivity contribution in [3.63, 3.8) is 0 Å². The highest BCUT2D eigenvalue weighted by molar-refractivity contribution is 5.79. The summed E-state index contributed by atoms with van der Waals surface area (Å²) in [6, 6.07) is 13.7. The molecule has 0 spiro atoms. The summed E-state index contributed by atoms with van der Waals surface area (Å²) >= 11 is 0. The first-order valence-corrected chi connectivity index (χ1v) is 9.22. The van der Waals surface area contributed by atoms with Crippen molar-refractivity contribution in [3.05, 3.63) is 66.0 Å². The molecule has 3 heterocycles. The van der Waals surface area contributed by atoms with Crippen molar-refractivity contribution in [3.8, 4) is 0 Å². The molecule has 0 saturated carbocycles. The highest BCUT2D eigenvalue weighted by atomic mass is 16.6. The van der Waals surface area contributed by atoms with Crippen LogP contribution in [0.2, 0.25) is 0 Å². The van der Waals surface area contributed by atoms with E-state index in [0.717, 1.165) is 16.5 Å². The van der Waals surface area contributed by atoms with Crippen LogP contribution in [0.25, 0.3) is 11.0 Å². The number of benzene rings is 1. The van der Waals surface area contributed by atoms with Crippen molar-refractivity contribution in [2.45, 2.75) is 50.4 Å². The van der Waals surface area contributed by atoms with E-state index in [-0.39, 0.29) is 0 Å². The molecule has 3 aromatic rings. The smallest absolute Gasteiger partial charge is 0.164 e. The van der Waals surface area contributed by atoms with Gasteiger partial charge in [0.15, 0.2) is 6.23 Å². The van der Waals surface area contributed by atoms with Crippen molar-refractivity contribution in [2.24, 2.45) is 0 Å². The monoisotopic (exact) mass is 368 g/mol. The first-order valence-electron chi connectivity index (χ1n) is 9.22. The quantitative estimate of drug-likeness (QED) is 0.641. The highest BCUT2D eigenvalue weighted by Gasteiger charge is 2.46. The maximum atomic E-state index is 10.6. The van der Waals surface area contributed by atoms with Gasteiger partial charge in [0.05, 0.1) is 6.10 Å². The van der Waals surface area contributed by atoms with E-state index in [9.17, 15) is 15.3 Å². The molecule has 5 unspecified atom stereocenters.